The van der Waals surface area contributed by atoms with Crippen molar-refractivity contribution >= 4 is 17.7 Å². The van der Waals surface area contributed by atoms with Crippen molar-refractivity contribution < 1.29 is 4.79 Å². The van der Waals surface area contributed by atoms with Gasteiger partial charge in [0, 0.05) is 30.0 Å². The maximum absolute atomic E-state index is 11.7. The summed E-state index contributed by atoms with van der Waals surface area (Å²) in [4.78, 5) is 13.7. The Balaban J connectivity index is 2.52. The lowest BCUT2D eigenvalue weighted by atomic mass is 10.2. The van der Waals surface area contributed by atoms with E-state index >= 15 is 0 Å². The number of carbonyl (C=O) groups is 1. The average molecular weight is 201 g/mol. The van der Waals surface area contributed by atoms with E-state index in [4.69, 9.17) is 0 Å². The van der Waals surface area contributed by atoms with Gasteiger partial charge in [-0.05, 0) is 13.3 Å². The standard InChI is InChI=1S/C10H19NOS/c1-4-5-10(12)11-6-7-13-9(3)8(11)2/h8-9H,4-7H2,1-3H3. The summed E-state index contributed by atoms with van der Waals surface area (Å²) in [7, 11) is 0. The summed E-state index contributed by atoms with van der Waals surface area (Å²) in [5.74, 6) is 1.43. The number of rotatable bonds is 2. The fraction of sp³-hybridized carbons (Fsp3) is 0.900. The Labute approximate surface area is 85.1 Å². The monoisotopic (exact) mass is 201 g/mol. The highest BCUT2D eigenvalue weighted by Gasteiger charge is 2.27. The molecule has 2 atom stereocenters. The van der Waals surface area contributed by atoms with Crippen molar-refractivity contribution in [3.05, 3.63) is 0 Å². The lowest BCUT2D eigenvalue weighted by molar-refractivity contribution is -0.133. The largest absolute Gasteiger partial charge is 0.338 e. The van der Waals surface area contributed by atoms with Gasteiger partial charge in [0.1, 0.15) is 0 Å². The highest BCUT2D eigenvalue weighted by Crippen LogP contribution is 2.24. The van der Waals surface area contributed by atoms with E-state index in [-0.39, 0.29) is 0 Å². The Hall–Kier alpha value is -0.180. The van der Waals surface area contributed by atoms with Crippen LogP contribution in [0.5, 0.6) is 0 Å². The van der Waals surface area contributed by atoms with E-state index in [1.807, 2.05) is 16.7 Å². The Bertz CT molecular complexity index is 184. The van der Waals surface area contributed by atoms with Crippen LogP contribution >= 0.6 is 11.8 Å². The minimum Gasteiger partial charge on any atom is -0.338 e. The Morgan fingerprint density at radius 2 is 2.23 bits per heavy atom. The second kappa shape index (κ2) is 4.89. The second-order valence-corrected chi connectivity index (χ2v) is 5.14. The van der Waals surface area contributed by atoms with Gasteiger partial charge >= 0.3 is 0 Å². The Kier molecular flexibility index (Phi) is 4.10. The zero-order chi connectivity index (χ0) is 9.84. The first kappa shape index (κ1) is 10.9. The van der Waals surface area contributed by atoms with Crippen LogP contribution in [0, 0.1) is 0 Å². The van der Waals surface area contributed by atoms with E-state index in [1.165, 1.54) is 0 Å². The number of hydrogen-bond acceptors (Lipinski definition) is 2. The highest BCUT2D eigenvalue weighted by molar-refractivity contribution is 8.00. The van der Waals surface area contributed by atoms with E-state index in [1.54, 1.807) is 0 Å². The van der Waals surface area contributed by atoms with Crippen molar-refractivity contribution in [3.8, 4) is 0 Å². The molecule has 0 saturated carbocycles. The number of hydrogen-bond donors (Lipinski definition) is 0. The molecule has 76 valence electrons. The molecule has 1 aliphatic heterocycles. The van der Waals surface area contributed by atoms with Crippen LogP contribution in [0.4, 0.5) is 0 Å². The third kappa shape index (κ3) is 2.63. The van der Waals surface area contributed by atoms with E-state index in [0.29, 0.717) is 23.6 Å². The second-order valence-electron chi connectivity index (χ2n) is 3.65. The van der Waals surface area contributed by atoms with Gasteiger partial charge < -0.3 is 4.90 Å². The van der Waals surface area contributed by atoms with E-state index in [9.17, 15) is 4.79 Å². The van der Waals surface area contributed by atoms with Gasteiger partial charge in [0.2, 0.25) is 5.91 Å². The van der Waals surface area contributed by atoms with Gasteiger partial charge in [-0.1, -0.05) is 13.8 Å². The lowest BCUT2D eigenvalue weighted by Crippen LogP contribution is -2.47. The van der Waals surface area contributed by atoms with Gasteiger partial charge in [0.05, 0.1) is 0 Å². The van der Waals surface area contributed by atoms with Crippen LogP contribution in [0.1, 0.15) is 33.6 Å². The Morgan fingerprint density at radius 3 is 2.85 bits per heavy atom. The van der Waals surface area contributed by atoms with Gasteiger partial charge in [0.25, 0.3) is 0 Å². The first-order valence-corrected chi connectivity index (χ1v) is 6.12. The molecular formula is C10H19NOS. The Morgan fingerprint density at radius 1 is 1.54 bits per heavy atom. The molecule has 0 aromatic rings. The molecular weight excluding hydrogens is 182 g/mol. The number of carbonyl (C=O) groups excluding carboxylic acids is 1. The molecule has 13 heavy (non-hydrogen) atoms. The maximum atomic E-state index is 11.7. The number of thioether (sulfide) groups is 1. The van der Waals surface area contributed by atoms with Crippen molar-refractivity contribution in [2.24, 2.45) is 0 Å². The van der Waals surface area contributed by atoms with Gasteiger partial charge in [-0.25, -0.2) is 0 Å². The summed E-state index contributed by atoms with van der Waals surface area (Å²) < 4.78 is 0. The quantitative estimate of drug-likeness (QED) is 0.682. The average Bonchev–Trinajstić information content (AvgIpc) is 2.10. The zero-order valence-electron chi connectivity index (χ0n) is 8.75. The molecule has 1 aliphatic rings. The maximum Gasteiger partial charge on any atom is 0.222 e. The topological polar surface area (TPSA) is 20.3 Å². The van der Waals surface area contributed by atoms with Gasteiger partial charge in [0.15, 0.2) is 0 Å². The van der Waals surface area contributed by atoms with Crippen LogP contribution in [0.15, 0.2) is 0 Å². The predicted molar refractivity (Wildman–Crippen MR) is 58.0 cm³/mol. The molecule has 1 heterocycles. The SMILES string of the molecule is CCCC(=O)N1CCSC(C)C1C. The molecule has 0 radical (unpaired) electrons. The van der Waals surface area contributed by atoms with E-state index < -0.39 is 0 Å². The van der Waals surface area contributed by atoms with E-state index in [0.717, 1.165) is 18.7 Å². The lowest BCUT2D eigenvalue weighted by Gasteiger charge is -2.37. The van der Waals surface area contributed by atoms with Crippen molar-refractivity contribution in [2.75, 3.05) is 12.3 Å². The molecule has 1 rings (SSSR count). The third-order valence-corrected chi connectivity index (χ3v) is 4.01. The summed E-state index contributed by atoms with van der Waals surface area (Å²) in [5, 5.41) is 0.592. The smallest absolute Gasteiger partial charge is 0.222 e. The molecule has 0 aromatic heterocycles. The molecule has 1 fully saturated rings. The minimum absolute atomic E-state index is 0.335. The molecule has 1 saturated heterocycles. The minimum atomic E-state index is 0.335. The van der Waals surface area contributed by atoms with Gasteiger partial charge in [-0.3, -0.25) is 4.79 Å². The molecule has 0 bridgehead atoms. The van der Waals surface area contributed by atoms with Crippen LogP contribution in [0.3, 0.4) is 0 Å². The first-order valence-electron chi connectivity index (χ1n) is 5.08. The predicted octanol–water partition coefficient (Wildman–Crippen LogP) is 2.14. The first-order chi connectivity index (χ1) is 6.16. The van der Waals surface area contributed by atoms with Gasteiger partial charge in [-0.2, -0.15) is 11.8 Å². The van der Waals surface area contributed by atoms with Gasteiger partial charge in [-0.15, -0.1) is 0 Å². The molecule has 2 unspecified atom stereocenters. The number of nitrogens with zero attached hydrogens (tertiary/aromatic N) is 1. The zero-order valence-corrected chi connectivity index (χ0v) is 9.56. The molecule has 0 N–H and O–H groups in total. The summed E-state index contributed by atoms with van der Waals surface area (Å²) in [6, 6.07) is 0.415. The molecule has 0 aliphatic carbocycles. The van der Waals surface area contributed by atoms with Crippen molar-refractivity contribution in [1.29, 1.82) is 0 Å². The fourth-order valence-corrected chi connectivity index (χ4v) is 2.74. The number of amides is 1. The van der Waals surface area contributed by atoms with Crippen molar-refractivity contribution in [3.63, 3.8) is 0 Å². The molecule has 0 aromatic carbocycles. The summed E-state index contributed by atoms with van der Waals surface area (Å²) in [6.45, 7) is 7.37. The van der Waals surface area contributed by atoms with Crippen LogP contribution in [0.2, 0.25) is 0 Å². The summed E-state index contributed by atoms with van der Waals surface area (Å²) >= 11 is 1.97. The summed E-state index contributed by atoms with van der Waals surface area (Å²) in [6.07, 6.45) is 1.67. The van der Waals surface area contributed by atoms with E-state index in [2.05, 4.69) is 20.8 Å². The van der Waals surface area contributed by atoms with Crippen LogP contribution < -0.4 is 0 Å². The van der Waals surface area contributed by atoms with Crippen molar-refractivity contribution in [1.82, 2.24) is 4.90 Å². The fourth-order valence-electron chi connectivity index (χ4n) is 1.64. The summed E-state index contributed by atoms with van der Waals surface area (Å²) in [5.41, 5.74) is 0. The van der Waals surface area contributed by atoms with Crippen molar-refractivity contribution in [2.45, 2.75) is 44.9 Å². The third-order valence-electron chi connectivity index (χ3n) is 2.67. The molecule has 3 heteroatoms. The van der Waals surface area contributed by atoms with Crippen LogP contribution in [-0.4, -0.2) is 34.4 Å². The van der Waals surface area contributed by atoms with Crippen LogP contribution in [0.25, 0.3) is 0 Å². The highest BCUT2D eigenvalue weighted by atomic mass is 32.2. The molecule has 1 amide bonds. The molecule has 0 spiro atoms. The molecule has 2 nitrogen and oxygen atoms in total. The van der Waals surface area contributed by atoms with Crippen LogP contribution in [-0.2, 0) is 4.79 Å². The normalized spacial score (nSPS) is 29.0.